The quantitative estimate of drug-likeness (QED) is 0.695. The summed E-state index contributed by atoms with van der Waals surface area (Å²) in [7, 11) is 0. The molecule has 1 heterocycles. The monoisotopic (exact) mass is 202 g/mol. The fraction of sp³-hybridized carbons (Fsp3) is 0.900. The topological polar surface area (TPSA) is 32.3 Å². The molecule has 0 aliphatic carbocycles. The summed E-state index contributed by atoms with van der Waals surface area (Å²) in [4.78, 5) is 13.3. The highest BCUT2D eigenvalue weighted by atomic mass is 19.1. The molecular weight excluding hydrogens is 183 g/mol. The number of rotatable bonds is 3. The predicted molar refractivity (Wildman–Crippen MR) is 54.0 cm³/mol. The van der Waals surface area contributed by atoms with Crippen molar-refractivity contribution >= 4 is 6.03 Å². The predicted octanol–water partition coefficient (Wildman–Crippen LogP) is 1.79. The number of likely N-dealkylation sites (tertiary alicyclic amines) is 1. The van der Waals surface area contributed by atoms with Crippen LogP contribution in [0.2, 0.25) is 0 Å². The van der Waals surface area contributed by atoms with E-state index < -0.39 is 0 Å². The van der Waals surface area contributed by atoms with Gasteiger partial charge < -0.3 is 10.2 Å². The largest absolute Gasteiger partial charge is 0.338 e. The molecule has 0 unspecified atom stereocenters. The molecule has 1 atom stereocenters. The first-order chi connectivity index (χ1) is 6.74. The number of nitrogens with zero attached hydrogens (tertiary/aromatic N) is 1. The van der Waals surface area contributed by atoms with Crippen LogP contribution >= 0.6 is 0 Å². The van der Waals surface area contributed by atoms with Crippen LogP contribution in [0.3, 0.4) is 0 Å². The van der Waals surface area contributed by atoms with Gasteiger partial charge >= 0.3 is 6.03 Å². The second kappa shape index (κ2) is 5.83. The van der Waals surface area contributed by atoms with Gasteiger partial charge in [0.1, 0.15) is 0 Å². The molecule has 2 amide bonds. The lowest BCUT2D eigenvalue weighted by Gasteiger charge is -2.30. The highest BCUT2D eigenvalue weighted by Gasteiger charge is 2.19. The summed E-state index contributed by atoms with van der Waals surface area (Å²) in [6.45, 7) is 3.91. The third-order valence-corrected chi connectivity index (χ3v) is 2.53. The number of alkyl halides is 1. The molecular formula is C10H19FN2O. The minimum atomic E-state index is -0.364. The zero-order valence-corrected chi connectivity index (χ0v) is 8.76. The molecule has 0 bridgehead atoms. The molecule has 1 rings (SSSR count). The number of halogens is 1. The average Bonchev–Trinajstić information content (AvgIpc) is 2.18. The maximum absolute atomic E-state index is 11.8. The highest BCUT2D eigenvalue weighted by molar-refractivity contribution is 5.74. The zero-order chi connectivity index (χ0) is 10.4. The standard InChI is InChI=1S/C10H19FN2O/c1-9-4-2-7-13(8-9)10(14)12-6-3-5-11/h9H,2-8H2,1H3,(H,12,14)/t9-/m0/s1. The van der Waals surface area contributed by atoms with E-state index in [1.165, 1.54) is 6.42 Å². The summed E-state index contributed by atoms with van der Waals surface area (Å²) in [5.74, 6) is 0.593. The van der Waals surface area contributed by atoms with Crippen molar-refractivity contribution in [1.29, 1.82) is 0 Å². The van der Waals surface area contributed by atoms with Gasteiger partial charge in [0, 0.05) is 19.6 Å². The Morgan fingerprint density at radius 2 is 2.43 bits per heavy atom. The van der Waals surface area contributed by atoms with Crippen LogP contribution in [0.1, 0.15) is 26.2 Å². The lowest BCUT2D eigenvalue weighted by molar-refractivity contribution is 0.169. The molecule has 0 spiro atoms. The van der Waals surface area contributed by atoms with Crippen molar-refractivity contribution in [1.82, 2.24) is 10.2 Å². The van der Waals surface area contributed by atoms with Gasteiger partial charge in [-0.05, 0) is 25.2 Å². The Morgan fingerprint density at radius 1 is 1.64 bits per heavy atom. The molecule has 0 aromatic carbocycles. The number of hydrogen-bond acceptors (Lipinski definition) is 1. The molecule has 1 fully saturated rings. The zero-order valence-electron chi connectivity index (χ0n) is 8.76. The van der Waals surface area contributed by atoms with Crippen molar-refractivity contribution in [2.75, 3.05) is 26.3 Å². The maximum atomic E-state index is 11.8. The third kappa shape index (κ3) is 3.52. The first-order valence-corrected chi connectivity index (χ1v) is 5.32. The molecule has 1 aliphatic rings. The van der Waals surface area contributed by atoms with Gasteiger partial charge in [-0.2, -0.15) is 0 Å². The van der Waals surface area contributed by atoms with Gasteiger partial charge in [0.25, 0.3) is 0 Å². The van der Waals surface area contributed by atoms with Crippen molar-refractivity contribution < 1.29 is 9.18 Å². The van der Waals surface area contributed by atoms with Crippen LogP contribution in [0.4, 0.5) is 9.18 Å². The van der Waals surface area contributed by atoms with Crippen LogP contribution in [0.15, 0.2) is 0 Å². The maximum Gasteiger partial charge on any atom is 0.317 e. The van der Waals surface area contributed by atoms with E-state index in [9.17, 15) is 9.18 Å². The van der Waals surface area contributed by atoms with Gasteiger partial charge in [-0.3, -0.25) is 4.39 Å². The highest BCUT2D eigenvalue weighted by Crippen LogP contribution is 2.14. The van der Waals surface area contributed by atoms with Gasteiger partial charge in [-0.25, -0.2) is 4.79 Å². The molecule has 0 aromatic heterocycles. The Labute approximate surface area is 84.7 Å². The van der Waals surface area contributed by atoms with E-state index in [2.05, 4.69) is 12.2 Å². The van der Waals surface area contributed by atoms with E-state index in [1.54, 1.807) is 0 Å². The average molecular weight is 202 g/mol. The van der Waals surface area contributed by atoms with E-state index >= 15 is 0 Å². The molecule has 82 valence electrons. The third-order valence-electron chi connectivity index (χ3n) is 2.53. The number of carbonyl (C=O) groups excluding carboxylic acids is 1. The lowest BCUT2D eigenvalue weighted by atomic mass is 10.0. The molecule has 3 nitrogen and oxygen atoms in total. The Morgan fingerprint density at radius 3 is 3.07 bits per heavy atom. The second-order valence-electron chi connectivity index (χ2n) is 3.97. The summed E-state index contributed by atoms with van der Waals surface area (Å²) >= 11 is 0. The van der Waals surface area contributed by atoms with E-state index in [4.69, 9.17) is 0 Å². The van der Waals surface area contributed by atoms with Gasteiger partial charge in [-0.1, -0.05) is 6.92 Å². The van der Waals surface area contributed by atoms with Crippen LogP contribution in [0, 0.1) is 5.92 Å². The molecule has 14 heavy (non-hydrogen) atoms. The van der Waals surface area contributed by atoms with Gasteiger partial charge in [0.05, 0.1) is 6.67 Å². The Kier molecular flexibility index (Phi) is 4.70. The first-order valence-electron chi connectivity index (χ1n) is 5.32. The second-order valence-corrected chi connectivity index (χ2v) is 3.97. The van der Waals surface area contributed by atoms with Crippen LogP contribution in [-0.2, 0) is 0 Å². The molecule has 0 radical (unpaired) electrons. The SMILES string of the molecule is C[C@H]1CCCN(C(=O)NCCCF)C1. The van der Waals surface area contributed by atoms with Crippen LogP contribution in [0.5, 0.6) is 0 Å². The van der Waals surface area contributed by atoms with Crippen molar-refractivity contribution in [3.05, 3.63) is 0 Å². The fourth-order valence-electron chi connectivity index (χ4n) is 1.75. The summed E-state index contributed by atoms with van der Waals surface area (Å²) in [5.41, 5.74) is 0. The van der Waals surface area contributed by atoms with E-state index in [0.29, 0.717) is 18.9 Å². The summed E-state index contributed by atoms with van der Waals surface area (Å²) in [5, 5.41) is 2.72. The fourth-order valence-corrected chi connectivity index (χ4v) is 1.75. The Balaban J connectivity index is 2.22. The lowest BCUT2D eigenvalue weighted by Crippen LogP contribution is -2.45. The molecule has 0 aromatic rings. The molecule has 4 heteroatoms. The summed E-state index contributed by atoms with van der Waals surface area (Å²) < 4.78 is 11.8. The van der Waals surface area contributed by atoms with Crippen LogP contribution < -0.4 is 5.32 Å². The minimum absolute atomic E-state index is 0.0370. The van der Waals surface area contributed by atoms with E-state index in [-0.39, 0.29) is 12.7 Å². The van der Waals surface area contributed by atoms with Gasteiger partial charge in [-0.15, -0.1) is 0 Å². The number of hydrogen-bond donors (Lipinski definition) is 1. The summed E-state index contributed by atoms with van der Waals surface area (Å²) in [6, 6.07) is -0.0370. The van der Waals surface area contributed by atoms with Crippen LogP contribution in [0.25, 0.3) is 0 Å². The van der Waals surface area contributed by atoms with E-state index in [1.807, 2.05) is 4.90 Å². The van der Waals surface area contributed by atoms with E-state index in [0.717, 1.165) is 19.5 Å². The first kappa shape index (κ1) is 11.3. The number of carbonyl (C=O) groups is 1. The Hall–Kier alpha value is -0.800. The number of urea groups is 1. The normalized spacial score (nSPS) is 22.1. The number of nitrogens with one attached hydrogen (secondary N) is 1. The Bertz CT molecular complexity index is 187. The number of piperidine rings is 1. The van der Waals surface area contributed by atoms with Crippen molar-refractivity contribution in [3.63, 3.8) is 0 Å². The van der Waals surface area contributed by atoms with Crippen LogP contribution in [-0.4, -0.2) is 37.2 Å². The van der Waals surface area contributed by atoms with Crippen molar-refractivity contribution in [2.24, 2.45) is 5.92 Å². The molecule has 1 saturated heterocycles. The van der Waals surface area contributed by atoms with Crippen molar-refractivity contribution in [2.45, 2.75) is 26.2 Å². The molecule has 1 N–H and O–H groups in total. The van der Waals surface area contributed by atoms with Crippen molar-refractivity contribution in [3.8, 4) is 0 Å². The smallest absolute Gasteiger partial charge is 0.317 e. The molecule has 1 aliphatic heterocycles. The van der Waals surface area contributed by atoms with Gasteiger partial charge in [0.2, 0.25) is 0 Å². The van der Waals surface area contributed by atoms with Gasteiger partial charge in [0.15, 0.2) is 0 Å². The minimum Gasteiger partial charge on any atom is -0.338 e. The molecule has 0 saturated carbocycles. The number of amides is 2. The summed E-state index contributed by atoms with van der Waals surface area (Å²) in [6.07, 6.45) is 2.70.